The molecule has 1 amide bonds. The number of sulfone groups is 1. The van der Waals surface area contributed by atoms with Crippen LogP contribution in [-0.2, 0) is 39.2 Å². The molecule has 1 aliphatic rings. The molecule has 0 atom stereocenters. The molecule has 0 radical (unpaired) electrons. The third kappa shape index (κ3) is 5.61. The number of hydrogen-bond acceptors (Lipinski definition) is 7. The predicted molar refractivity (Wildman–Crippen MR) is 151 cm³/mol. The molecule has 1 aliphatic heterocycles. The largest absolute Gasteiger partial charge is 0.390 e. The van der Waals surface area contributed by atoms with Crippen LogP contribution in [0.4, 0.5) is 10.1 Å². The van der Waals surface area contributed by atoms with Gasteiger partial charge in [0.2, 0.25) is 0 Å². The normalized spacial score (nSPS) is 14.5. The van der Waals surface area contributed by atoms with Crippen molar-refractivity contribution in [3.63, 3.8) is 0 Å². The van der Waals surface area contributed by atoms with E-state index in [4.69, 9.17) is 9.82 Å². The summed E-state index contributed by atoms with van der Waals surface area (Å²) in [6.07, 6.45) is 1.14. The molecule has 0 spiro atoms. The molecule has 208 valence electrons. The van der Waals surface area contributed by atoms with E-state index >= 15 is 0 Å². The van der Waals surface area contributed by atoms with Crippen molar-refractivity contribution in [2.75, 3.05) is 31.8 Å². The molecule has 0 fully saturated rings. The number of aromatic nitrogens is 2. The summed E-state index contributed by atoms with van der Waals surface area (Å²) in [4.78, 5) is 27.7. The van der Waals surface area contributed by atoms with Crippen LogP contribution in [0.5, 0.6) is 0 Å². The SMILES string of the molecule is Cc1ccc2nc(CN3C(=O)/C(=N/OCc4ccc(S(C)(=O)=O)cc4)c4cc(F)ccc43)n(CCN(C)C)c2c1. The molecule has 9 nitrogen and oxygen atoms in total. The van der Waals surface area contributed by atoms with E-state index in [-0.39, 0.29) is 23.8 Å². The van der Waals surface area contributed by atoms with Crippen LogP contribution in [-0.4, -0.2) is 61.4 Å². The molecule has 0 aliphatic carbocycles. The number of rotatable bonds is 9. The molecule has 5 rings (SSSR count). The molecule has 0 unspecified atom stereocenters. The number of amides is 1. The van der Waals surface area contributed by atoms with Gasteiger partial charge in [-0.05, 0) is 74.6 Å². The second-order valence-corrected chi connectivity index (χ2v) is 12.2. The van der Waals surface area contributed by atoms with Crippen molar-refractivity contribution in [2.45, 2.75) is 31.5 Å². The first-order valence-corrected chi connectivity index (χ1v) is 14.6. The molecule has 40 heavy (non-hydrogen) atoms. The summed E-state index contributed by atoms with van der Waals surface area (Å²) in [5.74, 6) is -0.208. The Morgan fingerprint density at radius 1 is 1.05 bits per heavy atom. The van der Waals surface area contributed by atoms with Crippen LogP contribution in [0.2, 0.25) is 0 Å². The lowest BCUT2D eigenvalue weighted by Gasteiger charge is -2.19. The average Bonchev–Trinajstić information content (AvgIpc) is 3.36. The van der Waals surface area contributed by atoms with Gasteiger partial charge in [0.25, 0.3) is 5.91 Å². The minimum absolute atomic E-state index is 0.00511. The zero-order valence-electron chi connectivity index (χ0n) is 22.8. The molecular formula is C29H30FN5O4S. The van der Waals surface area contributed by atoms with Crippen LogP contribution >= 0.6 is 0 Å². The molecule has 4 aromatic rings. The zero-order valence-corrected chi connectivity index (χ0v) is 23.6. The minimum atomic E-state index is -3.32. The fraction of sp³-hybridized carbons (Fsp3) is 0.276. The van der Waals surface area contributed by atoms with E-state index < -0.39 is 21.6 Å². The maximum Gasteiger partial charge on any atom is 0.281 e. The Morgan fingerprint density at radius 3 is 2.50 bits per heavy atom. The number of carbonyl (C=O) groups excluding carboxylic acids is 1. The minimum Gasteiger partial charge on any atom is -0.390 e. The first-order valence-electron chi connectivity index (χ1n) is 12.7. The lowest BCUT2D eigenvalue weighted by atomic mass is 10.1. The Labute approximate surface area is 232 Å². The van der Waals surface area contributed by atoms with Gasteiger partial charge < -0.3 is 14.3 Å². The highest BCUT2D eigenvalue weighted by atomic mass is 32.2. The molecule has 0 saturated carbocycles. The maximum atomic E-state index is 14.3. The average molecular weight is 564 g/mol. The van der Waals surface area contributed by atoms with Gasteiger partial charge in [-0.3, -0.25) is 9.69 Å². The smallest absolute Gasteiger partial charge is 0.281 e. The summed E-state index contributed by atoms with van der Waals surface area (Å²) in [5, 5.41) is 4.09. The summed E-state index contributed by atoms with van der Waals surface area (Å²) in [6.45, 7) is 3.67. The lowest BCUT2D eigenvalue weighted by molar-refractivity contribution is -0.112. The topological polar surface area (TPSA) is 97.1 Å². The number of carbonyl (C=O) groups is 1. The summed E-state index contributed by atoms with van der Waals surface area (Å²) in [7, 11) is 0.688. The van der Waals surface area contributed by atoms with E-state index in [0.29, 0.717) is 29.2 Å². The van der Waals surface area contributed by atoms with Gasteiger partial charge >= 0.3 is 0 Å². The molecular weight excluding hydrogens is 533 g/mol. The number of anilines is 1. The quantitative estimate of drug-likeness (QED) is 0.287. The number of halogens is 1. The molecule has 0 bridgehead atoms. The molecule has 0 saturated heterocycles. The highest BCUT2D eigenvalue weighted by Crippen LogP contribution is 2.32. The van der Waals surface area contributed by atoms with Crippen LogP contribution < -0.4 is 4.90 Å². The van der Waals surface area contributed by atoms with Gasteiger partial charge in [0.1, 0.15) is 18.2 Å². The Morgan fingerprint density at radius 2 is 1.80 bits per heavy atom. The van der Waals surface area contributed by atoms with Crippen molar-refractivity contribution in [3.8, 4) is 0 Å². The first kappa shape index (κ1) is 27.5. The molecule has 2 heterocycles. The number of imidazole rings is 1. The second kappa shape index (κ2) is 10.8. The third-order valence-corrected chi connectivity index (χ3v) is 7.87. The van der Waals surface area contributed by atoms with E-state index in [1.165, 1.54) is 29.2 Å². The van der Waals surface area contributed by atoms with Crippen molar-refractivity contribution >= 4 is 38.2 Å². The van der Waals surface area contributed by atoms with Crippen LogP contribution in [0.3, 0.4) is 0 Å². The standard InChI is InChI=1S/C29H30FN5O4S/c1-19-5-11-24-26(15-19)34(14-13-33(2)3)27(31-24)17-35-25-12-8-21(30)16-23(25)28(29(35)36)32-39-18-20-6-9-22(10-7-20)40(4,37)38/h5-12,15-16H,13-14,17-18H2,1-4H3/b32-28+. The van der Waals surface area contributed by atoms with Gasteiger partial charge in [0.15, 0.2) is 15.5 Å². The monoisotopic (exact) mass is 563 g/mol. The van der Waals surface area contributed by atoms with Crippen molar-refractivity contribution in [3.05, 3.63) is 89.0 Å². The fourth-order valence-electron chi connectivity index (χ4n) is 4.63. The number of oxime groups is 1. The first-order chi connectivity index (χ1) is 19.0. The molecule has 11 heteroatoms. The van der Waals surface area contributed by atoms with E-state index in [1.54, 1.807) is 18.2 Å². The Balaban J connectivity index is 1.43. The third-order valence-electron chi connectivity index (χ3n) is 6.74. The summed E-state index contributed by atoms with van der Waals surface area (Å²) < 4.78 is 39.8. The van der Waals surface area contributed by atoms with Gasteiger partial charge in [0, 0.05) is 24.9 Å². The van der Waals surface area contributed by atoms with E-state index in [0.717, 1.165) is 29.4 Å². The van der Waals surface area contributed by atoms with Gasteiger partial charge in [-0.2, -0.15) is 0 Å². The van der Waals surface area contributed by atoms with Crippen LogP contribution in [0.25, 0.3) is 11.0 Å². The van der Waals surface area contributed by atoms with Crippen LogP contribution in [0, 0.1) is 12.7 Å². The van der Waals surface area contributed by atoms with E-state index in [1.807, 2.05) is 33.2 Å². The zero-order chi connectivity index (χ0) is 28.6. The summed E-state index contributed by atoms with van der Waals surface area (Å²) >= 11 is 0. The number of fused-ring (bicyclic) bond motifs is 2. The van der Waals surface area contributed by atoms with Gasteiger partial charge in [0.05, 0.1) is 28.2 Å². The summed E-state index contributed by atoms with van der Waals surface area (Å²) in [6, 6.07) is 16.4. The van der Waals surface area contributed by atoms with Gasteiger partial charge in [-0.25, -0.2) is 17.8 Å². The Hall–Kier alpha value is -4.09. The second-order valence-electron chi connectivity index (χ2n) is 10.2. The van der Waals surface area contributed by atoms with Crippen molar-refractivity contribution in [1.29, 1.82) is 0 Å². The van der Waals surface area contributed by atoms with Crippen molar-refractivity contribution < 1.29 is 22.4 Å². The predicted octanol–water partition coefficient (Wildman–Crippen LogP) is 3.92. The number of aryl methyl sites for hydroxylation is 1. The summed E-state index contributed by atoms with van der Waals surface area (Å²) in [5.41, 5.74) is 4.46. The Bertz CT molecular complexity index is 1730. The Kier molecular flexibility index (Phi) is 7.43. The van der Waals surface area contributed by atoms with E-state index in [2.05, 4.69) is 20.7 Å². The number of likely N-dealkylation sites (N-methyl/N-ethyl adjacent to an activating group) is 1. The maximum absolute atomic E-state index is 14.3. The molecule has 0 N–H and O–H groups in total. The highest BCUT2D eigenvalue weighted by molar-refractivity contribution is 7.90. The van der Waals surface area contributed by atoms with Crippen molar-refractivity contribution in [2.24, 2.45) is 5.16 Å². The van der Waals surface area contributed by atoms with Crippen LogP contribution in [0.1, 0.15) is 22.5 Å². The van der Waals surface area contributed by atoms with Crippen molar-refractivity contribution in [1.82, 2.24) is 14.5 Å². The number of hydrogen-bond donors (Lipinski definition) is 0. The fourth-order valence-corrected chi connectivity index (χ4v) is 5.26. The molecule has 3 aromatic carbocycles. The van der Waals surface area contributed by atoms with Gasteiger partial charge in [-0.15, -0.1) is 0 Å². The lowest BCUT2D eigenvalue weighted by Crippen LogP contribution is -2.31. The molecule has 1 aromatic heterocycles. The number of benzene rings is 3. The number of nitrogens with zero attached hydrogens (tertiary/aromatic N) is 5. The highest BCUT2D eigenvalue weighted by Gasteiger charge is 2.36. The van der Waals surface area contributed by atoms with E-state index in [9.17, 15) is 17.6 Å². The van der Waals surface area contributed by atoms with Gasteiger partial charge in [-0.1, -0.05) is 23.4 Å². The van der Waals surface area contributed by atoms with Crippen LogP contribution in [0.15, 0.2) is 70.7 Å².